The maximum atomic E-state index is 13.6. The quantitative estimate of drug-likeness (QED) is 0.842. The molecule has 0 radical (unpaired) electrons. The number of amides is 1. The molecule has 0 heterocycles. The van der Waals surface area contributed by atoms with Crippen molar-refractivity contribution in [3.8, 4) is 0 Å². The summed E-state index contributed by atoms with van der Waals surface area (Å²) in [5.41, 5.74) is 4.83. The number of sulfonamides is 1. The number of carbonyl (C=O) groups excluding carboxylic acids is 1. The Morgan fingerprint density at radius 3 is 2.53 bits per heavy atom. The predicted octanol–water partition coefficient (Wildman–Crippen LogP) is 0.939. The second kappa shape index (κ2) is 4.54. The van der Waals surface area contributed by atoms with Crippen molar-refractivity contribution in [1.29, 1.82) is 0 Å². The van der Waals surface area contributed by atoms with Crippen molar-refractivity contribution in [3.05, 3.63) is 35.7 Å². The van der Waals surface area contributed by atoms with Crippen molar-refractivity contribution in [3.63, 3.8) is 0 Å². The van der Waals surface area contributed by atoms with Gasteiger partial charge in [-0.05, 0) is 12.1 Å². The van der Waals surface area contributed by atoms with E-state index in [4.69, 9.17) is 5.73 Å². The fourth-order valence-electron chi connectivity index (χ4n) is 1.22. The highest BCUT2D eigenvalue weighted by molar-refractivity contribution is 7.92. The summed E-state index contributed by atoms with van der Waals surface area (Å²) >= 11 is 0. The number of nitrogens with two attached hydrogens (primary N) is 1. The Bertz CT molecular complexity index is 581. The van der Waals surface area contributed by atoms with E-state index in [2.05, 4.69) is 6.58 Å². The van der Waals surface area contributed by atoms with E-state index in [0.29, 0.717) is 0 Å². The normalized spacial score (nSPS) is 10.9. The monoisotopic (exact) mass is 258 g/mol. The van der Waals surface area contributed by atoms with E-state index < -0.39 is 21.7 Å². The Morgan fingerprint density at radius 1 is 1.53 bits per heavy atom. The van der Waals surface area contributed by atoms with Gasteiger partial charge in [0.25, 0.3) is 0 Å². The Labute approximate surface area is 98.2 Å². The molecule has 0 aromatic heterocycles. The van der Waals surface area contributed by atoms with Crippen molar-refractivity contribution < 1.29 is 17.6 Å². The van der Waals surface area contributed by atoms with E-state index in [9.17, 15) is 17.6 Å². The van der Waals surface area contributed by atoms with Crippen molar-refractivity contribution in [2.45, 2.75) is 0 Å². The van der Waals surface area contributed by atoms with Gasteiger partial charge in [0.1, 0.15) is 5.82 Å². The second-order valence-electron chi connectivity index (χ2n) is 3.36. The number of hydrogen-bond donors (Lipinski definition) is 2. The molecule has 7 heteroatoms. The van der Waals surface area contributed by atoms with Gasteiger partial charge < -0.3 is 5.73 Å². The van der Waals surface area contributed by atoms with Gasteiger partial charge in [0.05, 0.1) is 11.9 Å². The first-order chi connectivity index (χ1) is 7.74. The van der Waals surface area contributed by atoms with Gasteiger partial charge in [-0.25, -0.2) is 12.8 Å². The van der Waals surface area contributed by atoms with Gasteiger partial charge >= 0.3 is 0 Å². The number of primary amides is 1. The lowest BCUT2D eigenvalue weighted by Gasteiger charge is -2.10. The van der Waals surface area contributed by atoms with Crippen molar-refractivity contribution >= 4 is 27.7 Å². The number of anilines is 1. The zero-order valence-electron chi connectivity index (χ0n) is 9.03. The molecule has 5 nitrogen and oxygen atoms in total. The molecular formula is C10H11FN2O3S. The maximum Gasteiger partial charge on any atom is 0.248 e. The number of rotatable bonds is 4. The van der Waals surface area contributed by atoms with E-state index in [1.54, 1.807) is 0 Å². The molecule has 1 aromatic carbocycles. The van der Waals surface area contributed by atoms with Crippen LogP contribution in [0.25, 0.3) is 6.08 Å². The van der Waals surface area contributed by atoms with Gasteiger partial charge in [0.15, 0.2) is 0 Å². The van der Waals surface area contributed by atoms with Gasteiger partial charge in [-0.3, -0.25) is 9.52 Å². The minimum atomic E-state index is -3.62. The van der Waals surface area contributed by atoms with Gasteiger partial charge in [-0.15, -0.1) is 0 Å². The van der Waals surface area contributed by atoms with E-state index in [1.165, 1.54) is 12.1 Å². The van der Waals surface area contributed by atoms with E-state index in [0.717, 1.165) is 12.3 Å². The molecule has 92 valence electrons. The molecule has 1 aromatic rings. The average molecular weight is 258 g/mol. The number of hydrogen-bond acceptors (Lipinski definition) is 3. The summed E-state index contributed by atoms with van der Waals surface area (Å²) in [6.07, 6.45) is 2.12. The smallest absolute Gasteiger partial charge is 0.248 e. The number of benzene rings is 1. The molecule has 0 fully saturated rings. The minimum absolute atomic E-state index is 0.0588. The molecule has 0 aliphatic rings. The van der Waals surface area contributed by atoms with E-state index in [1.807, 2.05) is 4.72 Å². The van der Waals surface area contributed by atoms with E-state index >= 15 is 0 Å². The molecule has 0 saturated carbocycles. The first kappa shape index (κ1) is 13.2. The van der Waals surface area contributed by atoms with Crippen LogP contribution in [0.1, 0.15) is 15.9 Å². The van der Waals surface area contributed by atoms with Crippen LogP contribution in [-0.4, -0.2) is 20.6 Å². The van der Waals surface area contributed by atoms with Crippen LogP contribution in [0.2, 0.25) is 0 Å². The van der Waals surface area contributed by atoms with Gasteiger partial charge in [-0.1, -0.05) is 12.7 Å². The van der Waals surface area contributed by atoms with Crippen LogP contribution in [0.4, 0.5) is 10.1 Å². The number of nitrogens with one attached hydrogen (secondary N) is 1. The van der Waals surface area contributed by atoms with Crippen LogP contribution >= 0.6 is 0 Å². The molecule has 1 rings (SSSR count). The molecule has 0 bridgehead atoms. The van der Waals surface area contributed by atoms with Gasteiger partial charge in [0.2, 0.25) is 15.9 Å². The largest absolute Gasteiger partial charge is 0.366 e. The number of carbonyl (C=O) groups is 1. The zero-order valence-corrected chi connectivity index (χ0v) is 9.84. The highest BCUT2D eigenvalue weighted by Gasteiger charge is 2.14. The summed E-state index contributed by atoms with van der Waals surface area (Å²) in [7, 11) is -3.62. The minimum Gasteiger partial charge on any atom is -0.366 e. The van der Waals surface area contributed by atoms with Crippen LogP contribution in [0.3, 0.4) is 0 Å². The van der Waals surface area contributed by atoms with E-state index in [-0.39, 0.29) is 16.8 Å². The van der Waals surface area contributed by atoms with Crippen LogP contribution < -0.4 is 10.5 Å². The second-order valence-corrected chi connectivity index (χ2v) is 5.11. The highest BCUT2D eigenvalue weighted by Crippen LogP contribution is 2.24. The maximum absolute atomic E-state index is 13.6. The van der Waals surface area contributed by atoms with Crippen molar-refractivity contribution in [2.24, 2.45) is 5.73 Å². The van der Waals surface area contributed by atoms with Crippen molar-refractivity contribution in [2.75, 3.05) is 11.0 Å². The van der Waals surface area contributed by atoms with Gasteiger partial charge in [-0.2, -0.15) is 0 Å². The fraction of sp³-hybridized carbons (Fsp3) is 0.100. The van der Waals surface area contributed by atoms with Gasteiger partial charge in [0, 0.05) is 11.1 Å². The third-order valence-electron chi connectivity index (χ3n) is 1.91. The lowest BCUT2D eigenvalue weighted by Crippen LogP contribution is -2.15. The molecule has 0 saturated heterocycles. The molecule has 0 unspecified atom stereocenters. The summed E-state index contributed by atoms with van der Waals surface area (Å²) in [6.45, 7) is 3.41. The molecule has 17 heavy (non-hydrogen) atoms. The average Bonchev–Trinajstić information content (AvgIpc) is 2.18. The molecule has 3 N–H and O–H groups in total. The topological polar surface area (TPSA) is 89.3 Å². The SMILES string of the molecule is C=Cc1cc(C(N)=O)cc(F)c1NS(C)(=O)=O. The molecule has 0 spiro atoms. The summed E-state index contributed by atoms with van der Waals surface area (Å²) in [5.74, 6) is -1.69. The standard InChI is InChI=1S/C10H11FN2O3S/c1-3-6-4-7(10(12)14)5-8(11)9(6)13-17(2,15)16/h3-5,13H,1H2,2H3,(H2,12,14). The summed E-state index contributed by atoms with van der Waals surface area (Å²) < 4.78 is 37.7. The Hall–Kier alpha value is -1.89. The zero-order chi connectivity index (χ0) is 13.2. The third kappa shape index (κ3) is 3.28. The molecule has 0 aliphatic heterocycles. The fourth-order valence-corrected chi connectivity index (χ4v) is 1.81. The van der Waals surface area contributed by atoms with Crippen LogP contribution in [0, 0.1) is 5.82 Å². The Kier molecular flexibility index (Phi) is 3.52. The predicted molar refractivity (Wildman–Crippen MR) is 63.5 cm³/mol. The molecule has 0 aliphatic carbocycles. The summed E-state index contributed by atoms with van der Waals surface area (Å²) in [4.78, 5) is 10.9. The Morgan fingerprint density at radius 2 is 2.12 bits per heavy atom. The molecule has 1 amide bonds. The van der Waals surface area contributed by atoms with Crippen LogP contribution in [0.5, 0.6) is 0 Å². The third-order valence-corrected chi connectivity index (χ3v) is 2.49. The summed E-state index contributed by atoms with van der Waals surface area (Å²) in [6, 6.07) is 2.12. The summed E-state index contributed by atoms with van der Waals surface area (Å²) in [5, 5.41) is 0. The highest BCUT2D eigenvalue weighted by atomic mass is 32.2. The molecule has 0 atom stereocenters. The lowest BCUT2D eigenvalue weighted by molar-refractivity contribution is 0.1000. The van der Waals surface area contributed by atoms with Crippen LogP contribution in [-0.2, 0) is 10.0 Å². The first-order valence-corrected chi connectivity index (χ1v) is 6.37. The molecular weight excluding hydrogens is 247 g/mol. The lowest BCUT2D eigenvalue weighted by atomic mass is 10.1. The Balaban J connectivity index is 3.41. The van der Waals surface area contributed by atoms with Crippen LogP contribution in [0.15, 0.2) is 18.7 Å². The first-order valence-electron chi connectivity index (χ1n) is 4.48. The van der Waals surface area contributed by atoms with Crippen molar-refractivity contribution in [1.82, 2.24) is 0 Å². The number of halogens is 1.